The standard InChI is InChI=1S/C19H39N5O3S/c1-16(2)27-14-13-23-9-7-18(8-10-23)22-19(20-3)21-15-17-5-11-24(12-6-17)28(4,25)26/h16-18H,5-15H2,1-4H3,(H2,20,21,22). The molecule has 0 spiro atoms. The largest absolute Gasteiger partial charge is 0.377 e. The predicted octanol–water partition coefficient (Wildman–Crippen LogP) is 0.712. The molecule has 164 valence electrons. The Kier molecular flexibility index (Phi) is 9.46. The van der Waals surface area contributed by atoms with Crippen LogP contribution in [-0.4, -0.2) is 94.9 Å². The average molecular weight is 418 g/mol. The first kappa shape index (κ1) is 23.4. The molecule has 2 aliphatic rings. The number of piperidine rings is 2. The summed E-state index contributed by atoms with van der Waals surface area (Å²) >= 11 is 0. The Labute approximate surface area is 171 Å². The number of nitrogens with one attached hydrogen (secondary N) is 2. The summed E-state index contributed by atoms with van der Waals surface area (Å²) in [5.41, 5.74) is 0. The molecule has 2 saturated heterocycles. The molecular weight excluding hydrogens is 378 g/mol. The van der Waals surface area contributed by atoms with E-state index in [2.05, 4.69) is 34.4 Å². The second kappa shape index (κ2) is 11.3. The Morgan fingerprint density at radius 3 is 2.32 bits per heavy atom. The number of hydrogen-bond acceptors (Lipinski definition) is 5. The smallest absolute Gasteiger partial charge is 0.211 e. The third-order valence-electron chi connectivity index (χ3n) is 5.61. The lowest BCUT2D eigenvalue weighted by Crippen LogP contribution is -2.50. The SMILES string of the molecule is CN=C(NCC1CCN(S(C)(=O)=O)CC1)NC1CCN(CCOC(C)C)CC1. The first-order valence-electron chi connectivity index (χ1n) is 10.5. The van der Waals surface area contributed by atoms with Gasteiger partial charge >= 0.3 is 0 Å². The van der Waals surface area contributed by atoms with Gasteiger partial charge in [-0.25, -0.2) is 12.7 Å². The van der Waals surface area contributed by atoms with Crippen molar-refractivity contribution in [2.75, 3.05) is 59.2 Å². The maximum atomic E-state index is 11.6. The van der Waals surface area contributed by atoms with Crippen molar-refractivity contribution >= 4 is 16.0 Å². The molecular formula is C19H39N5O3S. The molecule has 0 aromatic carbocycles. The number of aliphatic imine (C=N–C) groups is 1. The van der Waals surface area contributed by atoms with Gasteiger partial charge in [0, 0.05) is 52.4 Å². The number of sulfonamides is 1. The zero-order valence-electron chi connectivity index (χ0n) is 18.0. The van der Waals surface area contributed by atoms with Gasteiger partial charge in [0.1, 0.15) is 0 Å². The summed E-state index contributed by atoms with van der Waals surface area (Å²) in [6.07, 6.45) is 5.60. The minimum atomic E-state index is -3.05. The van der Waals surface area contributed by atoms with Gasteiger partial charge in [0.25, 0.3) is 0 Å². The minimum Gasteiger partial charge on any atom is -0.377 e. The first-order chi connectivity index (χ1) is 13.3. The van der Waals surface area contributed by atoms with Gasteiger partial charge in [-0.05, 0) is 45.4 Å². The van der Waals surface area contributed by atoms with Crippen molar-refractivity contribution in [2.45, 2.75) is 51.7 Å². The van der Waals surface area contributed by atoms with Crippen molar-refractivity contribution in [3.8, 4) is 0 Å². The minimum absolute atomic E-state index is 0.298. The molecule has 0 bridgehead atoms. The number of hydrogen-bond donors (Lipinski definition) is 2. The highest BCUT2D eigenvalue weighted by atomic mass is 32.2. The summed E-state index contributed by atoms with van der Waals surface area (Å²) < 4.78 is 30.4. The van der Waals surface area contributed by atoms with Crippen LogP contribution in [0.3, 0.4) is 0 Å². The fourth-order valence-electron chi connectivity index (χ4n) is 3.79. The van der Waals surface area contributed by atoms with Crippen molar-refractivity contribution in [2.24, 2.45) is 10.9 Å². The molecule has 2 aliphatic heterocycles. The molecule has 0 saturated carbocycles. The molecule has 9 heteroatoms. The van der Waals surface area contributed by atoms with Crippen LogP contribution in [0.25, 0.3) is 0 Å². The van der Waals surface area contributed by atoms with Gasteiger partial charge in [0.05, 0.1) is 19.0 Å². The van der Waals surface area contributed by atoms with E-state index in [0.717, 1.165) is 64.4 Å². The van der Waals surface area contributed by atoms with E-state index in [1.54, 1.807) is 11.4 Å². The molecule has 28 heavy (non-hydrogen) atoms. The predicted molar refractivity (Wildman–Crippen MR) is 114 cm³/mol. The Balaban J connectivity index is 1.63. The van der Waals surface area contributed by atoms with Gasteiger partial charge in [0.2, 0.25) is 10.0 Å². The van der Waals surface area contributed by atoms with Gasteiger partial charge in [0.15, 0.2) is 5.96 Å². The van der Waals surface area contributed by atoms with E-state index >= 15 is 0 Å². The number of rotatable bonds is 8. The quantitative estimate of drug-likeness (QED) is 0.447. The van der Waals surface area contributed by atoms with Crippen molar-refractivity contribution in [3.05, 3.63) is 0 Å². The molecule has 0 aromatic rings. The molecule has 0 aliphatic carbocycles. The Bertz CT molecular complexity index is 580. The molecule has 0 unspecified atom stereocenters. The summed E-state index contributed by atoms with van der Waals surface area (Å²) in [4.78, 5) is 6.83. The van der Waals surface area contributed by atoms with Crippen LogP contribution in [0.2, 0.25) is 0 Å². The third kappa shape index (κ3) is 8.23. The lowest BCUT2D eigenvalue weighted by atomic mass is 9.98. The van der Waals surface area contributed by atoms with Crippen LogP contribution in [-0.2, 0) is 14.8 Å². The molecule has 2 rings (SSSR count). The monoisotopic (exact) mass is 417 g/mol. The average Bonchev–Trinajstić information content (AvgIpc) is 2.65. The third-order valence-corrected chi connectivity index (χ3v) is 6.91. The van der Waals surface area contributed by atoms with Crippen LogP contribution in [0, 0.1) is 5.92 Å². The second-order valence-corrected chi connectivity index (χ2v) is 10.2. The van der Waals surface area contributed by atoms with Crippen LogP contribution in [0.4, 0.5) is 0 Å². The zero-order chi connectivity index (χ0) is 20.6. The van der Waals surface area contributed by atoms with Crippen LogP contribution >= 0.6 is 0 Å². The van der Waals surface area contributed by atoms with Gasteiger partial charge in [-0.1, -0.05) is 0 Å². The second-order valence-electron chi connectivity index (χ2n) is 8.24. The van der Waals surface area contributed by atoms with Crippen molar-refractivity contribution in [1.82, 2.24) is 19.8 Å². The normalized spacial score (nSPS) is 22.0. The summed E-state index contributed by atoms with van der Waals surface area (Å²) in [6, 6.07) is 0.445. The van der Waals surface area contributed by atoms with E-state index in [1.165, 1.54) is 6.26 Å². The molecule has 0 aromatic heterocycles. The Morgan fingerprint density at radius 2 is 1.79 bits per heavy atom. The lowest BCUT2D eigenvalue weighted by Gasteiger charge is -2.34. The molecule has 2 fully saturated rings. The van der Waals surface area contributed by atoms with E-state index in [9.17, 15) is 8.42 Å². The first-order valence-corrected chi connectivity index (χ1v) is 12.4. The zero-order valence-corrected chi connectivity index (χ0v) is 18.8. The van der Waals surface area contributed by atoms with Crippen molar-refractivity contribution < 1.29 is 13.2 Å². The van der Waals surface area contributed by atoms with Crippen LogP contribution in [0.1, 0.15) is 39.5 Å². The van der Waals surface area contributed by atoms with Crippen LogP contribution in [0.15, 0.2) is 4.99 Å². The number of nitrogens with zero attached hydrogens (tertiary/aromatic N) is 3. The Hall–Kier alpha value is -0.900. The summed E-state index contributed by atoms with van der Waals surface area (Å²) in [7, 11) is -1.25. The molecule has 0 radical (unpaired) electrons. The Morgan fingerprint density at radius 1 is 1.14 bits per heavy atom. The topological polar surface area (TPSA) is 86.3 Å². The molecule has 8 nitrogen and oxygen atoms in total. The van der Waals surface area contributed by atoms with Gasteiger partial charge in [-0.2, -0.15) is 0 Å². The van der Waals surface area contributed by atoms with E-state index < -0.39 is 10.0 Å². The van der Waals surface area contributed by atoms with Crippen LogP contribution < -0.4 is 10.6 Å². The van der Waals surface area contributed by atoms with Gasteiger partial charge in [-0.15, -0.1) is 0 Å². The molecule has 2 N–H and O–H groups in total. The van der Waals surface area contributed by atoms with Crippen molar-refractivity contribution in [3.63, 3.8) is 0 Å². The molecule has 2 heterocycles. The van der Waals surface area contributed by atoms with E-state index in [4.69, 9.17) is 4.74 Å². The highest BCUT2D eigenvalue weighted by Gasteiger charge is 2.25. The molecule has 0 amide bonds. The highest BCUT2D eigenvalue weighted by Crippen LogP contribution is 2.18. The van der Waals surface area contributed by atoms with E-state index in [0.29, 0.717) is 31.2 Å². The van der Waals surface area contributed by atoms with Gasteiger partial charge < -0.3 is 20.3 Å². The fourth-order valence-corrected chi connectivity index (χ4v) is 4.67. The maximum Gasteiger partial charge on any atom is 0.211 e. The van der Waals surface area contributed by atoms with Crippen molar-refractivity contribution in [1.29, 1.82) is 0 Å². The van der Waals surface area contributed by atoms with E-state index in [1.807, 2.05) is 0 Å². The lowest BCUT2D eigenvalue weighted by molar-refractivity contribution is 0.0532. The highest BCUT2D eigenvalue weighted by molar-refractivity contribution is 7.88. The maximum absolute atomic E-state index is 11.6. The fraction of sp³-hybridized carbons (Fsp3) is 0.947. The molecule has 0 atom stereocenters. The number of likely N-dealkylation sites (tertiary alicyclic amines) is 1. The summed E-state index contributed by atoms with van der Waals surface area (Å²) in [5, 5.41) is 6.98. The van der Waals surface area contributed by atoms with Gasteiger partial charge in [-0.3, -0.25) is 4.99 Å². The summed E-state index contributed by atoms with van der Waals surface area (Å²) in [5.74, 6) is 1.34. The number of ether oxygens (including phenoxy) is 1. The van der Waals surface area contributed by atoms with Crippen LogP contribution in [0.5, 0.6) is 0 Å². The van der Waals surface area contributed by atoms with E-state index in [-0.39, 0.29) is 0 Å². The number of guanidine groups is 1. The summed E-state index contributed by atoms with van der Waals surface area (Å²) in [6.45, 7) is 10.2.